The van der Waals surface area contributed by atoms with E-state index in [1.165, 1.54) is 24.8 Å². The number of thioether (sulfide) groups is 1. The highest BCUT2D eigenvalue weighted by Crippen LogP contribution is 2.34. The number of hydrogen-bond donors (Lipinski definition) is 3. The molecule has 10 nitrogen and oxygen atoms in total. The van der Waals surface area contributed by atoms with Gasteiger partial charge in [0, 0.05) is 92.3 Å². The van der Waals surface area contributed by atoms with Crippen LogP contribution in [0.4, 0.5) is 24.5 Å². The number of halogens is 3. The van der Waals surface area contributed by atoms with Crippen LogP contribution in [0.2, 0.25) is 0 Å². The lowest BCUT2D eigenvalue weighted by atomic mass is 10.0. The van der Waals surface area contributed by atoms with Crippen molar-refractivity contribution in [1.29, 1.82) is 0 Å². The van der Waals surface area contributed by atoms with Crippen LogP contribution in [-0.2, 0) is 28.0 Å². The van der Waals surface area contributed by atoms with E-state index in [0.29, 0.717) is 52.5 Å². The number of piperidine rings is 1. The number of alkyl halides is 3. The van der Waals surface area contributed by atoms with Gasteiger partial charge in [-0.25, -0.2) is 0 Å². The Morgan fingerprint density at radius 3 is 2.38 bits per heavy atom. The van der Waals surface area contributed by atoms with Crippen molar-refractivity contribution in [3.63, 3.8) is 0 Å². The molecule has 3 aromatic carbocycles. The Hall–Kier alpha value is -4.92. The zero-order chi connectivity index (χ0) is 39.3. The van der Waals surface area contributed by atoms with Gasteiger partial charge in [0.15, 0.2) is 0 Å². The molecule has 2 aliphatic rings. The molecule has 296 valence electrons. The van der Waals surface area contributed by atoms with Crippen molar-refractivity contribution in [2.24, 2.45) is 0 Å². The molecule has 56 heavy (non-hydrogen) atoms. The number of carbonyl (C=O) groups excluding carboxylic acids is 3. The van der Waals surface area contributed by atoms with E-state index in [4.69, 9.17) is 4.74 Å². The molecule has 4 aromatic rings. The molecule has 0 atom stereocenters. The number of anilines is 2. The molecule has 0 aliphatic carbocycles. The summed E-state index contributed by atoms with van der Waals surface area (Å²) in [7, 11) is 0. The molecule has 1 aromatic heterocycles. The Labute approximate surface area is 329 Å². The third kappa shape index (κ3) is 11.8. The molecule has 6 rings (SSSR count). The van der Waals surface area contributed by atoms with Gasteiger partial charge in [-0.05, 0) is 85.0 Å². The van der Waals surface area contributed by atoms with E-state index in [0.717, 1.165) is 82.2 Å². The molecule has 3 N–H and O–H groups in total. The number of morpholine rings is 1. The number of nitrogens with one attached hydrogen (secondary N) is 3. The summed E-state index contributed by atoms with van der Waals surface area (Å²) in [5.74, 6) is 0.546. The summed E-state index contributed by atoms with van der Waals surface area (Å²) in [5.41, 5.74) is 3.84. The van der Waals surface area contributed by atoms with E-state index in [1.54, 1.807) is 30.0 Å². The topological polar surface area (TPSA) is 116 Å². The van der Waals surface area contributed by atoms with Gasteiger partial charge in [0.2, 0.25) is 5.91 Å². The second-order valence-corrected chi connectivity index (χ2v) is 15.0. The number of hydrogen-bond acceptors (Lipinski definition) is 8. The highest BCUT2D eigenvalue weighted by atomic mass is 32.2. The number of benzene rings is 3. The first-order valence-corrected chi connectivity index (χ1v) is 20.1. The van der Waals surface area contributed by atoms with Gasteiger partial charge in [0.25, 0.3) is 11.8 Å². The standard InChI is InChI=1S/C42H47F3N6O4S/c43-42(44,45)34-9-5-6-30(25-34)28-48-40(53)33-12-14-46-38(26-33)36-27-35(51-16-2-1-3-17-51)10-11-37(36)49-41(54)32-8-4-7-31(24-32)29-56-23-13-39(52)47-15-18-50-19-21-55-22-20-50/h4-12,14,24-27H,1-3,13,15-23,28-29H2,(H,47,52)(H,48,53)(H,49,54). The lowest BCUT2D eigenvalue weighted by Crippen LogP contribution is -2.41. The average molecular weight is 789 g/mol. The number of nitrogens with zero attached hydrogens (tertiary/aromatic N) is 3. The second-order valence-electron chi connectivity index (χ2n) is 13.8. The summed E-state index contributed by atoms with van der Waals surface area (Å²) in [6.07, 6.45) is 0.748. The first-order valence-electron chi connectivity index (χ1n) is 19.0. The highest BCUT2D eigenvalue weighted by molar-refractivity contribution is 7.98. The van der Waals surface area contributed by atoms with Crippen LogP contribution in [0.25, 0.3) is 11.3 Å². The minimum absolute atomic E-state index is 0.0248. The van der Waals surface area contributed by atoms with Crippen LogP contribution >= 0.6 is 11.8 Å². The van der Waals surface area contributed by atoms with Gasteiger partial charge in [-0.1, -0.05) is 24.3 Å². The molecule has 2 fully saturated rings. The largest absolute Gasteiger partial charge is 0.416 e. The Morgan fingerprint density at radius 2 is 1.57 bits per heavy atom. The fourth-order valence-electron chi connectivity index (χ4n) is 6.68. The maximum atomic E-state index is 13.7. The van der Waals surface area contributed by atoms with Crippen molar-refractivity contribution >= 4 is 40.9 Å². The molecule has 2 aliphatic heterocycles. The van der Waals surface area contributed by atoms with Crippen LogP contribution in [0.15, 0.2) is 85.1 Å². The minimum Gasteiger partial charge on any atom is -0.379 e. The Bertz CT molecular complexity index is 1970. The monoisotopic (exact) mass is 788 g/mol. The molecule has 0 bridgehead atoms. The second kappa shape index (κ2) is 19.8. The third-order valence-electron chi connectivity index (χ3n) is 9.76. The third-order valence-corrected chi connectivity index (χ3v) is 10.8. The predicted molar refractivity (Wildman–Crippen MR) is 214 cm³/mol. The molecule has 3 amide bonds. The summed E-state index contributed by atoms with van der Waals surface area (Å²) in [4.78, 5) is 48.4. The number of carbonyl (C=O) groups is 3. The van der Waals surface area contributed by atoms with Crippen LogP contribution in [0.1, 0.15) is 63.1 Å². The van der Waals surface area contributed by atoms with Crippen molar-refractivity contribution in [3.8, 4) is 11.3 Å². The fraction of sp³-hybridized carbons (Fsp3) is 0.381. The van der Waals surface area contributed by atoms with Crippen LogP contribution in [0, 0.1) is 0 Å². The SMILES string of the molecule is O=C(CCSCc1cccc(C(=O)Nc2ccc(N3CCCCC3)cc2-c2cc(C(=O)NCc3cccc(C(F)(F)F)c3)ccn2)c1)NCCN1CCOCC1. The molecule has 0 saturated carbocycles. The van der Waals surface area contributed by atoms with Crippen molar-refractivity contribution in [2.75, 3.05) is 68.5 Å². The quantitative estimate of drug-likeness (QED) is 0.110. The first-order chi connectivity index (χ1) is 27.1. The highest BCUT2D eigenvalue weighted by Gasteiger charge is 2.30. The van der Waals surface area contributed by atoms with Gasteiger partial charge >= 0.3 is 6.18 Å². The maximum absolute atomic E-state index is 13.7. The van der Waals surface area contributed by atoms with Crippen LogP contribution in [0.5, 0.6) is 0 Å². The predicted octanol–water partition coefficient (Wildman–Crippen LogP) is 7.01. The molecule has 14 heteroatoms. The maximum Gasteiger partial charge on any atom is 0.416 e. The lowest BCUT2D eigenvalue weighted by molar-refractivity contribution is -0.137. The smallest absolute Gasteiger partial charge is 0.379 e. The van der Waals surface area contributed by atoms with Crippen molar-refractivity contribution in [1.82, 2.24) is 20.5 Å². The van der Waals surface area contributed by atoms with Crippen molar-refractivity contribution in [3.05, 3.63) is 113 Å². The van der Waals surface area contributed by atoms with Crippen LogP contribution < -0.4 is 20.9 Å². The van der Waals surface area contributed by atoms with Gasteiger partial charge < -0.3 is 25.6 Å². The number of rotatable bonds is 15. The Kier molecular flexibility index (Phi) is 14.4. The number of pyridine rings is 1. The zero-order valence-corrected chi connectivity index (χ0v) is 32.0. The van der Waals surface area contributed by atoms with Gasteiger partial charge in [-0.3, -0.25) is 24.3 Å². The molecule has 2 saturated heterocycles. The number of ether oxygens (including phenoxy) is 1. The van der Waals surface area contributed by atoms with E-state index >= 15 is 0 Å². The average Bonchev–Trinajstić information content (AvgIpc) is 3.22. The fourth-order valence-corrected chi connectivity index (χ4v) is 7.57. The number of amides is 3. The zero-order valence-electron chi connectivity index (χ0n) is 31.2. The summed E-state index contributed by atoms with van der Waals surface area (Å²) < 4.78 is 45.0. The van der Waals surface area contributed by atoms with Crippen molar-refractivity contribution in [2.45, 2.75) is 44.2 Å². The Morgan fingerprint density at radius 1 is 0.804 bits per heavy atom. The molecular weight excluding hydrogens is 742 g/mol. The first kappa shape index (κ1) is 40.7. The summed E-state index contributed by atoms with van der Waals surface area (Å²) in [6, 6.07) is 21.2. The Balaban J connectivity index is 1.10. The summed E-state index contributed by atoms with van der Waals surface area (Å²) >= 11 is 1.63. The molecule has 0 spiro atoms. The number of aromatic nitrogens is 1. The summed E-state index contributed by atoms with van der Waals surface area (Å²) in [6.45, 7) is 6.39. The molecule has 0 radical (unpaired) electrons. The van der Waals surface area contributed by atoms with E-state index in [1.807, 2.05) is 36.4 Å². The molecule has 3 heterocycles. The van der Waals surface area contributed by atoms with E-state index in [2.05, 4.69) is 30.7 Å². The van der Waals surface area contributed by atoms with Crippen molar-refractivity contribution < 1.29 is 32.3 Å². The molecular formula is C42H47F3N6O4S. The normalized spacial score (nSPS) is 14.9. The van der Waals surface area contributed by atoms with E-state index in [-0.39, 0.29) is 23.9 Å². The van der Waals surface area contributed by atoms with Gasteiger partial charge in [-0.15, -0.1) is 0 Å². The minimum atomic E-state index is -4.48. The van der Waals surface area contributed by atoms with Gasteiger partial charge in [-0.2, -0.15) is 24.9 Å². The van der Waals surface area contributed by atoms with E-state index < -0.39 is 17.6 Å². The summed E-state index contributed by atoms with van der Waals surface area (Å²) in [5, 5.41) is 8.77. The van der Waals surface area contributed by atoms with E-state index in [9.17, 15) is 27.6 Å². The van der Waals surface area contributed by atoms with Crippen LogP contribution in [0.3, 0.4) is 0 Å². The van der Waals surface area contributed by atoms with Crippen LogP contribution in [-0.4, -0.2) is 85.8 Å². The van der Waals surface area contributed by atoms with Gasteiger partial charge in [0.05, 0.1) is 30.2 Å². The van der Waals surface area contributed by atoms with Gasteiger partial charge in [0.1, 0.15) is 0 Å². The molecule has 0 unspecified atom stereocenters. The lowest BCUT2D eigenvalue weighted by Gasteiger charge is -2.29.